The molecule has 26 heavy (non-hydrogen) atoms. The van der Waals surface area contributed by atoms with E-state index in [1.165, 1.54) is 38.4 Å². The first-order chi connectivity index (χ1) is 12.0. The molecule has 2 rings (SSSR count). The molecular formula is C17H24N4O4S. The van der Waals surface area contributed by atoms with Crippen LogP contribution in [0, 0.1) is 0 Å². The third kappa shape index (κ3) is 4.67. The van der Waals surface area contributed by atoms with E-state index < -0.39 is 10.0 Å². The second kappa shape index (κ2) is 7.55. The molecule has 142 valence electrons. The van der Waals surface area contributed by atoms with Crippen LogP contribution in [0.3, 0.4) is 0 Å². The van der Waals surface area contributed by atoms with Crippen molar-refractivity contribution in [1.82, 2.24) is 19.8 Å². The van der Waals surface area contributed by atoms with E-state index in [4.69, 9.17) is 4.52 Å². The standard InChI is InChI=1S/C17H24N4O4S/c1-17(2,3)16-19-14(20-25-16)10-11-18-15(22)12-6-8-13(9-7-12)26(23,24)21(4)5/h6-9H,10-11H2,1-5H3,(H,18,22). The summed E-state index contributed by atoms with van der Waals surface area (Å²) in [6.07, 6.45) is 0.443. The molecule has 1 aromatic heterocycles. The van der Waals surface area contributed by atoms with Crippen molar-refractivity contribution >= 4 is 15.9 Å². The highest BCUT2D eigenvalue weighted by Gasteiger charge is 2.21. The zero-order chi connectivity index (χ0) is 19.5. The maximum Gasteiger partial charge on any atom is 0.251 e. The summed E-state index contributed by atoms with van der Waals surface area (Å²) in [7, 11) is -0.593. The fraction of sp³-hybridized carbons (Fsp3) is 0.471. The number of hydrogen-bond donors (Lipinski definition) is 1. The Kier molecular flexibility index (Phi) is 5.82. The SMILES string of the molecule is CN(C)S(=O)(=O)c1ccc(C(=O)NCCc2noc(C(C)(C)C)n2)cc1. The minimum Gasteiger partial charge on any atom is -0.352 e. The van der Waals surface area contributed by atoms with Crippen molar-refractivity contribution < 1.29 is 17.7 Å². The van der Waals surface area contributed by atoms with Gasteiger partial charge in [-0.15, -0.1) is 0 Å². The Morgan fingerprint density at radius 2 is 1.81 bits per heavy atom. The van der Waals surface area contributed by atoms with E-state index in [1.807, 2.05) is 20.8 Å². The monoisotopic (exact) mass is 380 g/mol. The number of sulfonamides is 1. The summed E-state index contributed by atoms with van der Waals surface area (Å²) in [5.74, 6) is 0.789. The van der Waals surface area contributed by atoms with Crippen molar-refractivity contribution in [2.24, 2.45) is 0 Å². The molecule has 0 spiro atoms. The maximum absolute atomic E-state index is 12.2. The zero-order valence-corrected chi connectivity index (χ0v) is 16.4. The molecule has 1 N–H and O–H groups in total. The van der Waals surface area contributed by atoms with Gasteiger partial charge in [0.15, 0.2) is 5.82 Å². The van der Waals surface area contributed by atoms with E-state index >= 15 is 0 Å². The summed E-state index contributed by atoms with van der Waals surface area (Å²) in [5, 5.41) is 6.65. The van der Waals surface area contributed by atoms with Crippen LogP contribution in [0.1, 0.15) is 42.8 Å². The van der Waals surface area contributed by atoms with Gasteiger partial charge >= 0.3 is 0 Å². The van der Waals surface area contributed by atoms with Crippen molar-refractivity contribution in [2.75, 3.05) is 20.6 Å². The van der Waals surface area contributed by atoms with Crippen LogP contribution in [0.15, 0.2) is 33.7 Å². The molecule has 0 aliphatic carbocycles. The van der Waals surface area contributed by atoms with Crippen LogP contribution in [0.2, 0.25) is 0 Å². The summed E-state index contributed by atoms with van der Waals surface area (Å²) in [6.45, 7) is 6.28. The van der Waals surface area contributed by atoms with Gasteiger partial charge in [0.25, 0.3) is 5.91 Å². The molecule has 0 aliphatic rings. The van der Waals surface area contributed by atoms with E-state index in [0.29, 0.717) is 30.2 Å². The van der Waals surface area contributed by atoms with E-state index in [2.05, 4.69) is 15.5 Å². The van der Waals surface area contributed by atoms with Crippen molar-refractivity contribution in [2.45, 2.75) is 37.5 Å². The van der Waals surface area contributed by atoms with Crippen molar-refractivity contribution in [1.29, 1.82) is 0 Å². The third-order valence-corrected chi connectivity index (χ3v) is 5.47. The fourth-order valence-electron chi connectivity index (χ4n) is 2.04. The second-order valence-corrected chi connectivity index (χ2v) is 9.24. The van der Waals surface area contributed by atoms with Crippen molar-refractivity contribution in [3.63, 3.8) is 0 Å². The highest BCUT2D eigenvalue weighted by atomic mass is 32.2. The van der Waals surface area contributed by atoms with E-state index in [-0.39, 0.29) is 16.2 Å². The van der Waals surface area contributed by atoms with Gasteiger partial charge in [0.1, 0.15) is 0 Å². The first kappa shape index (κ1) is 20.1. The first-order valence-electron chi connectivity index (χ1n) is 8.15. The van der Waals surface area contributed by atoms with Gasteiger partial charge in [-0.05, 0) is 24.3 Å². The highest BCUT2D eigenvalue weighted by molar-refractivity contribution is 7.89. The number of amides is 1. The lowest BCUT2D eigenvalue weighted by molar-refractivity contribution is 0.0954. The Hall–Kier alpha value is -2.26. The Bertz CT molecular complexity index is 865. The smallest absolute Gasteiger partial charge is 0.251 e. The molecule has 0 bridgehead atoms. The molecule has 0 aliphatic heterocycles. The molecule has 0 unspecified atom stereocenters. The van der Waals surface area contributed by atoms with Gasteiger partial charge in [-0.2, -0.15) is 4.98 Å². The van der Waals surface area contributed by atoms with E-state index in [0.717, 1.165) is 4.31 Å². The van der Waals surface area contributed by atoms with Gasteiger partial charge in [-0.1, -0.05) is 25.9 Å². The van der Waals surface area contributed by atoms with E-state index in [1.54, 1.807) is 0 Å². The molecule has 0 saturated carbocycles. The summed E-state index contributed by atoms with van der Waals surface area (Å²) in [6, 6.07) is 5.80. The molecule has 1 aromatic carbocycles. The number of carbonyl (C=O) groups excluding carboxylic acids is 1. The molecule has 0 atom stereocenters. The summed E-state index contributed by atoms with van der Waals surface area (Å²) in [5.41, 5.74) is 0.162. The number of nitrogens with zero attached hydrogens (tertiary/aromatic N) is 3. The van der Waals surface area contributed by atoms with Crippen LogP contribution in [-0.2, 0) is 21.9 Å². The number of hydrogen-bond acceptors (Lipinski definition) is 6. The lowest BCUT2D eigenvalue weighted by Gasteiger charge is -2.11. The minimum absolute atomic E-state index is 0.139. The molecule has 1 heterocycles. The first-order valence-corrected chi connectivity index (χ1v) is 9.59. The number of rotatable bonds is 6. The van der Waals surface area contributed by atoms with Gasteiger partial charge in [-0.25, -0.2) is 12.7 Å². The lowest BCUT2D eigenvalue weighted by atomic mass is 9.97. The van der Waals surface area contributed by atoms with Gasteiger partial charge in [-0.3, -0.25) is 4.79 Å². The summed E-state index contributed by atoms with van der Waals surface area (Å²) in [4.78, 5) is 16.6. The minimum atomic E-state index is -3.51. The number of aromatic nitrogens is 2. The summed E-state index contributed by atoms with van der Waals surface area (Å²) < 4.78 is 30.4. The molecule has 0 radical (unpaired) electrons. The third-order valence-electron chi connectivity index (χ3n) is 3.64. The van der Waals surface area contributed by atoms with Crippen LogP contribution in [0.25, 0.3) is 0 Å². The Morgan fingerprint density at radius 3 is 2.31 bits per heavy atom. The number of benzene rings is 1. The predicted octanol–water partition coefficient (Wildman–Crippen LogP) is 1.59. The lowest BCUT2D eigenvalue weighted by Crippen LogP contribution is -2.26. The van der Waals surface area contributed by atoms with Crippen LogP contribution in [0.5, 0.6) is 0 Å². The van der Waals surface area contributed by atoms with Crippen LogP contribution < -0.4 is 5.32 Å². The maximum atomic E-state index is 12.2. The molecular weight excluding hydrogens is 356 g/mol. The normalized spacial score (nSPS) is 12.4. The average molecular weight is 380 g/mol. The van der Waals surface area contributed by atoms with Gasteiger partial charge in [0, 0.05) is 38.0 Å². The predicted molar refractivity (Wildman–Crippen MR) is 96.4 cm³/mol. The highest BCUT2D eigenvalue weighted by Crippen LogP contribution is 2.19. The quantitative estimate of drug-likeness (QED) is 0.816. The Balaban J connectivity index is 1.93. The van der Waals surface area contributed by atoms with Crippen molar-refractivity contribution in [3.8, 4) is 0 Å². The van der Waals surface area contributed by atoms with Crippen molar-refractivity contribution in [3.05, 3.63) is 41.5 Å². The second-order valence-electron chi connectivity index (χ2n) is 7.08. The van der Waals surface area contributed by atoms with E-state index in [9.17, 15) is 13.2 Å². The molecule has 0 saturated heterocycles. The average Bonchev–Trinajstić information content (AvgIpc) is 3.04. The van der Waals surface area contributed by atoms with Crippen LogP contribution in [0.4, 0.5) is 0 Å². The van der Waals surface area contributed by atoms with Gasteiger partial charge in [0.2, 0.25) is 15.9 Å². The molecule has 9 heteroatoms. The number of nitrogens with one attached hydrogen (secondary N) is 1. The topological polar surface area (TPSA) is 105 Å². The molecule has 0 fully saturated rings. The van der Waals surface area contributed by atoms with Crippen LogP contribution >= 0.6 is 0 Å². The van der Waals surface area contributed by atoms with Gasteiger partial charge in [0.05, 0.1) is 4.90 Å². The number of carbonyl (C=O) groups is 1. The molecule has 2 aromatic rings. The largest absolute Gasteiger partial charge is 0.352 e. The zero-order valence-electron chi connectivity index (χ0n) is 15.6. The fourth-order valence-corrected chi connectivity index (χ4v) is 2.94. The Morgan fingerprint density at radius 1 is 1.19 bits per heavy atom. The summed E-state index contributed by atoms with van der Waals surface area (Å²) >= 11 is 0. The molecule has 8 nitrogen and oxygen atoms in total. The van der Waals surface area contributed by atoms with Crippen LogP contribution in [-0.4, -0.2) is 49.4 Å². The Labute approximate surface area is 153 Å². The van der Waals surface area contributed by atoms with Gasteiger partial charge < -0.3 is 9.84 Å². The molecule has 1 amide bonds.